The second kappa shape index (κ2) is 5.67. The van der Waals surface area contributed by atoms with Crippen molar-refractivity contribution in [3.8, 4) is 0 Å². The maximum atomic E-state index is 5.90. The summed E-state index contributed by atoms with van der Waals surface area (Å²) in [6, 6.07) is 10.2. The molecule has 2 aromatic rings. The minimum Gasteiger partial charge on any atom is -0.330 e. The molecule has 0 spiro atoms. The van der Waals surface area contributed by atoms with E-state index in [0.29, 0.717) is 12.5 Å². The first-order chi connectivity index (χ1) is 8.20. The Kier molecular flexibility index (Phi) is 4.21. The summed E-state index contributed by atoms with van der Waals surface area (Å²) in [4.78, 5) is 1.43. The number of benzene rings is 1. The summed E-state index contributed by atoms with van der Waals surface area (Å²) >= 11 is 7.71. The average Bonchev–Trinajstić information content (AvgIpc) is 2.73. The molecule has 0 aliphatic carbocycles. The molecular weight excluding hydrogens is 250 g/mol. The van der Waals surface area contributed by atoms with Crippen LogP contribution in [-0.4, -0.2) is 6.54 Å². The van der Waals surface area contributed by atoms with Gasteiger partial charge in [0.25, 0.3) is 0 Å². The predicted octanol–water partition coefficient (Wildman–Crippen LogP) is 3.99. The van der Waals surface area contributed by atoms with Gasteiger partial charge in [-0.1, -0.05) is 23.7 Å². The van der Waals surface area contributed by atoms with Gasteiger partial charge in [0.15, 0.2) is 0 Å². The van der Waals surface area contributed by atoms with Crippen LogP contribution in [0.4, 0.5) is 0 Å². The molecule has 2 N–H and O–H groups in total. The molecule has 0 amide bonds. The van der Waals surface area contributed by atoms with Crippen LogP contribution in [0.3, 0.4) is 0 Å². The molecule has 0 saturated heterocycles. The minimum absolute atomic E-state index is 0.379. The highest BCUT2D eigenvalue weighted by molar-refractivity contribution is 7.10. The van der Waals surface area contributed by atoms with Crippen molar-refractivity contribution in [2.24, 2.45) is 5.73 Å². The number of hydrogen-bond acceptors (Lipinski definition) is 2. The van der Waals surface area contributed by atoms with E-state index in [0.717, 1.165) is 11.4 Å². The van der Waals surface area contributed by atoms with Crippen molar-refractivity contribution in [3.05, 3.63) is 56.7 Å². The average molecular weight is 266 g/mol. The Morgan fingerprint density at radius 3 is 2.47 bits per heavy atom. The molecule has 1 aromatic carbocycles. The first-order valence-electron chi connectivity index (χ1n) is 5.69. The molecule has 90 valence electrons. The maximum absolute atomic E-state index is 5.90. The number of nitrogens with two attached hydrogens (primary N) is 1. The van der Waals surface area contributed by atoms with Crippen LogP contribution in [0, 0.1) is 6.92 Å². The Balaban J connectivity index is 2.17. The van der Waals surface area contributed by atoms with E-state index in [1.807, 2.05) is 23.5 Å². The van der Waals surface area contributed by atoms with Crippen molar-refractivity contribution >= 4 is 22.9 Å². The van der Waals surface area contributed by atoms with Gasteiger partial charge in [0.1, 0.15) is 0 Å². The molecule has 1 nitrogen and oxygen atoms in total. The molecule has 1 heterocycles. The van der Waals surface area contributed by atoms with Crippen LogP contribution in [0.15, 0.2) is 35.7 Å². The highest BCUT2D eigenvalue weighted by atomic mass is 35.5. The Bertz CT molecular complexity index is 475. The zero-order valence-electron chi connectivity index (χ0n) is 9.82. The molecule has 1 atom stereocenters. The van der Waals surface area contributed by atoms with Gasteiger partial charge in [-0.05, 0) is 54.6 Å². The van der Waals surface area contributed by atoms with Gasteiger partial charge in [-0.3, -0.25) is 0 Å². The van der Waals surface area contributed by atoms with Crippen LogP contribution < -0.4 is 5.73 Å². The third-order valence-electron chi connectivity index (χ3n) is 3.03. The van der Waals surface area contributed by atoms with Gasteiger partial charge in [0.2, 0.25) is 0 Å². The molecule has 0 aliphatic heterocycles. The predicted molar refractivity (Wildman–Crippen MR) is 76.0 cm³/mol. The minimum atomic E-state index is 0.379. The van der Waals surface area contributed by atoms with Crippen molar-refractivity contribution in [2.45, 2.75) is 19.3 Å². The quantitative estimate of drug-likeness (QED) is 0.889. The summed E-state index contributed by atoms with van der Waals surface area (Å²) in [5.41, 5.74) is 8.51. The molecule has 0 bridgehead atoms. The Morgan fingerprint density at radius 1 is 1.24 bits per heavy atom. The lowest BCUT2D eigenvalue weighted by Gasteiger charge is -2.15. The van der Waals surface area contributed by atoms with Crippen molar-refractivity contribution in [2.75, 3.05) is 6.54 Å². The monoisotopic (exact) mass is 265 g/mol. The van der Waals surface area contributed by atoms with Crippen LogP contribution in [0.5, 0.6) is 0 Å². The van der Waals surface area contributed by atoms with Crippen LogP contribution in [0.25, 0.3) is 0 Å². The summed E-state index contributed by atoms with van der Waals surface area (Å²) in [5, 5.41) is 2.91. The highest BCUT2D eigenvalue weighted by Gasteiger charge is 2.12. The maximum Gasteiger partial charge on any atom is 0.0406 e. The van der Waals surface area contributed by atoms with E-state index >= 15 is 0 Å². The Labute approximate surface area is 111 Å². The number of thiophene rings is 1. The lowest BCUT2D eigenvalue weighted by molar-refractivity contribution is 0.699. The molecule has 1 aromatic heterocycles. The second-order valence-electron chi connectivity index (χ2n) is 4.22. The van der Waals surface area contributed by atoms with Gasteiger partial charge in [-0.15, -0.1) is 11.3 Å². The summed E-state index contributed by atoms with van der Waals surface area (Å²) in [6.07, 6.45) is 1.02. The molecule has 17 heavy (non-hydrogen) atoms. The van der Waals surface area contributed by atoms with Crippen molar-refractivity contribution in [1.82, 2.24) is 0 Å². The van der Waals surface area contributed by atoms with Crippen molar-refractivity contribution in [3.63, 3.8) is 0 Å². The van der Waals surface area contributed by atoms with Crippen LogP contribution >= 0.6 is 22.9 Å². The number of halogens is 1. The first kappa shape index (κ1) is 12.6. The van der Waals surface area contributed by atoms with E-state index in [-0.39, 0.29) is 0 Å². The Hall–Kier alpha value is -0.830. The highest BCUT2D eigenvalue weighted by Crippen LogP contribution is 2.26. The van der Waals surface area contributed by atoms with E-state index in [4.69, 9.17) is 17.3 Å². The van der Waals surface area contributed by atoms with Gasteiger partial charge >= 0.3 is 0 Å². The van der Waals surface area contributed by atoms with Crippen LogP contribution in [0.1, 0.15) is 21.9 Å². The zero-order valence-corrected chi connectivity index (χ0v) is 11.4. The molecule has 0 aliphatic rings. The summed E-state index contributed by atoms with van der Waals surface area (Å²) in [6.45, 7) is 2.82. The zero-order chi connectivity index (χ0) is 12.3. The van der Waals surface area contributed by atoms with Gasteiger partial charge < -0.3 is 5.73 Å². The van der Waals surface area contributed by atoms with E-state index in [1.54, 1.807) is 0 Å². The van der Waals surface area contributed by atoms with E-state index in [9.17, 15) is 0 Å². The van der Waals surface area contributed by atoms with Crippen LogP contribution in [0.2, 0.25) is 5.02 Å². The second-order valence-corrected chi connectivity index (χ2v) is 5.65. The fourth-order valence-corrected chi connectivity index (χ4v) is 3.02. The lowest BCUT2D eigenvalue weighted by atomic mass is 9.94. The number of aryl methyl sites for hydroxylation is 1. The molecular formula is C14H16ClNS. The lowest BCUT2D eigenvalue weighted by Crippen LogP contribution is -2.14. The summed E-state index contributed by atoms with van der Waals surface area (Å²) < 4.78 is 0. The van der Waals surface area contributed by atoms with Gasteiger partial charge in [-0.25, -0.2) is 0 Å². The number of hydrogen-bond donors (Lipinski definition) is 1. The molecule has 3 heteroatoms. The molecule has 0 radical (unpaired) electrons. The van der Waals surface area contributed by atoms with E-state index in [1.165, 1.54) is 16.0 Å². The third-order valence-corrected chi connectivity index (χ3v) is 4.32. The number of rotatable bonds is 4. The van der Waals surface area contributed by atoms with Crippen molar-refractivity contribution < 1.29 is 0 Å². The molecule has 1 unspecified atom stereocenters. The smallest absolute Gasteiger partial charge is 0.0406 e. The third kappa shape index (κ3) is 3.09. The first-order valence-corrected chi connectivity index (χ1v) is 6.95. The topological polar surface area (TPSA) is 26.0 Å². The molecule has 2 rings (SSSR count). The van der Waals surface area contributed by atoms with E-state index in [2.05, 4.69) is 30.5 Å². The van der Waals surface area contributed by atoms with Gasteiger partial charge in [-0.2, -0.15) is 0 Å². The molecule has 0 saturated carbocycles. The van der Waals surface area contributed by atoms with Crippen molar-refractivity contribution in [1.29, 1.82) is 0 Å². The largest absolute Gasteiger partial charge is 0.330 e. The Morgan fingerprint density at radius 2 is 1.94 bits per heavy atom. The van der Waals surface area contributed by atoms with Gasteiger partial charge in [0.05, 0.1) is 0 Å². The SMILES string of the molecule is Cc1ccsc1CC(CN)c1ccc(Cl)cc1. The van der Waals surface area contributed by atoms with Crippen LogP contribution in [-0.2, 0) is 6.42 Å². The van der Waals surface area contributed by atoms with Gasteiger partial charge in [0, 0.05) is 15.8 Å². The fourth-order valence-electron chi connectivity index (χ4n) is 1.91. The summed E-state index contributed by atoms with van der Waals surface area (Å²) in [7, 11) is 0. The summed E-state index contributed by atoms with van der Waals surface area (Å²) in [5.74, 6) is 0.379. The normalized spacial score (nSPS) is 12.6. The molecule has 0 fully saturated rings. The fraction of sp³-hybridized carbons (Fsp3) is 0.286. The van der Waals surface area contributed by atoms with E-state index < -0.39 is 0 Å². The standard InChI is InChI=1S/C14H16ClNS/c1-10-6-7-17-14(10)8-12(9-16)11-2-4-13(15)5-3-11/h2-7,12H,8-9,16H2,1H3.